The number of amides is 1. The van der Waals surface area contributed by atoms with Crippen molar-refractivity contribution in [2.45, 2.75) is 0 Å². The summed E-state index contributed by atoms with van der Waals surface area (Å²) in [5.74, 6) is -0.116. The molecule has 3 aromatic rings. The maximum Gasteiger partial charge on any atom is 0.255 e. The molecule has 0 aliphatic heterocycles. The van der Waals surface area contributed by atoms with Gasteiger partial charge in [0.05, 0.1) is 0 Å². The summed E-state index contributed by atoms with van der Waals surface area (Å²) >= 11 is 0. The van der Waals surface area contributed by atoms with Gasteiger partial charge in [-0.1, -0.05) is 42.5 Å². The average molecular weight is 288 g/mol. The van der Waals surface area contributed by atoms with Crippen molar-refractivity contribution in [1.82, 2.24) is 0 Å². The van der Waals surface area contributed by atoms with Gasteiger partial charge in [0.25, 0.3) is 5.91 Å². The van der Waals surface area contributed by atoms with Gasteiger partial charge in [-0.3, -0.25) is 4.79 Å². The molecule has 0 atom stereocenters. The number of benzene rings is 3. The Morgan fingerprint density at radius 3 is 1.86 bits per heavy atom. The third kappa shape index (κ3) is 3.15. The molecule has 0 fully saturated rings. The molecule has 108 valence electrons. The van der Waals surface area contributed by atoms with Crippen molar-refractivity contribution < 1.29 is 4.79 Å². The van der Waals surface area contributed by atoms with Crippen molar-refractivity contribution in [1.29, 1.82) is 0 Å². The molecule has 3 heteroatoms. The van der Waals surface area contributed by atoms with Gasteiger partial charge in [-0.05, 0) is 47.5 Å². The van der Waals surface area contributed by atoms with E-state index in [4.69, 9.17) is 5.73 Å². The van der Waals surface area contributed by atoms with Gasteiger partial charge in [0, 0.05) is 16.9 Å². The summed E-state index contributed by atoms with van der Waals surface area (Å²) in [6.45, 7) is 0. The summed E-state index contributed by atoms with van der Waals surface area (Å²) < 4.78 is 0. The summed E-state index contributed by atoms with van der Waals surface area (Å²) in [4.78, 5) is 12.2. The number of hydrogen-bond donors (Lipinski definition) is 2. The third-order valence-corrected chi connectivity index (χ3v) is 3.42. The van der Waals surface area contributed by atoms with Crippen molar-refractivity contribution in [2.24, 2.45) is 0 Å². The number of rotatable bonds is 3. The molecular formula is C19H16N2O. The maximum absolute atomic E-state index is 12.2. The number of para-hydroxylation sites is 1. The fraction of sp³-hybridized carbons (Fsp3) is 0. The first kappa shape index (κ1) is 13.9. The number of hydrogen-bond acceptors (Lipinski definition) is 2. The van der Waals surface area contributed by atoms with Crippen LogP contribution < -0.4 is 11.1 Å². The van der Waals surface area contributed by atoms with Crippen LogP contribution in [-0.2, 0) is 0 Å². The lowest BCUT2D eigenvalue weighted by Gasteiger charge is -2.06. The summed E-state index contributed by atoms with van der Waals surface area (Å²) in [6.07, 6.45) is 0. The molecular weight excluding hydrogens is 272 g/mol. The van der Waals surface area contributed by atoms with Crippen LogP contribution in [0.3, 0.4) is 0 Å². The second-order valence-corrected chi connectivity index (χ2v) is 5.02. The number of nitrogen functional groups attached to an aromatic ring is 1. The van der Waals surface area contributed by atoms with Gasteiger partial charge in [-0.2, -0.15) is 0 Å². The summed E-state index contributed by atoms with van der Waals surface area (Å²) in [7, 11) is 0. The topological polar surface area (TPSA) is 55.1 Å². The van der Waals surface area contributed by atoms with E-state index in [1.165, 1.54) is 0 Å². The number of carbonyl (C=O) groups is 1. The maximum atomic E-state index is 12.2. The summed E-state index contributed by atoms with van der Waals surface area (Å²) in [5, 5.41) is 2.87. The molecule has 3 nitrogen and oxygen atoms in total. The Bertz CT molecular complexity index is 763. The minimum absolute atomic E-state index is 0.116. The molecule has 0 bridgehead atoms. The Morgan fingerprint density at radius 2 is 1.27 bits per heavy atom. The van der Waals surface area contributed by atoms with Gasteiger partial charge in [0.2, 0.25) is 0 Å². The minimum atomic E-state index is -0.116. The number of nitrogens with one attached hydrogen (secondary N) is 1. The SMILES string of the molecule is Nc1ccc(-c2ccc(C(=O)Nc3ccccc3)cc2)cc1. The van der Waals surface area contributed by atoms with E-state index in [9.17, 15) is 4.79 Å². The predicted octanol–water partition coefficient (Wildman–Crippen LogP) is 4.19. The molecule has 3 rings (SSSR count). The fourth-order valence-electron chi connectivity index (χ4n) is 2.21. The van der Waals surface area contributed by atoms with Crippen LogP contribution in [0.1, 0.15) is 10.4 Å². The molecule has 0 spiro atoms. The zero-order valence-electron chi connectivity index (χ0n) is 12.0. The van der Waals surface area contributed by atoms with Crippen molar-refractivity contribution in [2.75, 3.05) is 11.1 Å². The molecule has 0 heterocycles. The zero-order chi connectivity index (χ0) is 15.4. The lowest BCUT2D eigenvalue weighted by Crippen LogP contribution is -2.11. The number of carbonyl (C=O) groups excluding carboxylic acids is 1. The number of anilines is 2. The van der Waals surface area contributed by atoms with E-state index in [0.717, 1.165) is 22.5 Å². The molecule has 3 N–H and O–H groups in total. The highest BCUT2D eigenvalue weighted by Gasteiger charge is 2.06. The van der Waals surface area contributed by atoms with Gasteiger partial charge in [-0.25, -0.2) is 0 Å². The third-order valence-electron chi connectivity index (χ3n) is 3.42. The van der Waals surface area contributed by atoms with Crippen molar-refractivity contribution >= 4 is 17.3 Å². The van der Waals surface area contributed by atoms with Crippen molar-refractivity contribution in [3.63, 3.8) is 0 Å². The van der Waals surface area contributed by atoms with E-state index in [1.807, 2.05) is 78.9 Å². The van der Waals surface area contributed by atoms with Crippen LogP contribution in [0, 0.1) is 0 Å². The normalized spacial score (nSPS) is 10.2. The van der Waals surface area contributed by atoms with E-state index in [1.54, 1.807) is 0 Å². The van der Waals surface area contributed by atoms with Crippen LogP contribution >= 0.6 is 0 Å². The number of nitrogens with two attached hydrogens (primary N) is 1. The second kappa shape index (κ2) is 6.14. The van der Waals surface area contributed by atoms with Crippen molar-refractivity contribution in [3.05, 3.63) is 84.4 Å². The summed E-state index contributed by atoms with van der Waals surface area (Å²) in [6, 6.07) is 24.6. The highest BCUT2D eigenvalue weighted by atomic mass is 16.1. The molecule has 3 aromatic carbocycles. The van der Waals surface area contributed by atoms with Gasteiger partial charge in [-0.15, -0.1) is 0 Å². The molecule has 0 aliphatic rings. The van der Waals surface area contributed by atoms with Crippen LogP contribution in [0.25, 0.3) is 11.1 Å². The van der Waals surface area contributed by atoms with Gasteiger partial charge in [0.15, 0.2) is 0 Å². The zero-order valence-corrected chi connectivity index (χ0v) is 12.0. The largest absolute Gasteiger partial charge is 0.399 e. The van der Waals surface area contributed by atoms with E-state index in [2.05, 4.69) is 5.32 Å². The van der Waals surface area contributed by atoms with Gasteiger partial charge in [0.1, 0.15) is 0 Å². The Kier molecular flexibility index (Phi) is 3.88. The van der Waals surface area contributed by atoms with Crippen LogP contribution in [0.15, 0.2) is 78.9 Å². The highest BCUT2D eigenvalue weighted by molar-refractivity contribution is 6.04. The average Bonchev–Trinajstić information content (AvgIpc) is 2.57. The Morgan fingerprint density at radius 1 is 0.727 bits per heavy atom. The first-order valence-corrected chi connectivity index (χ1v) is 7.05. The predicted molar refractivity (Wildman–Crippen MR) is 90.7 cm³/mol. The first-order valence-electron chi connectivity index (χ1n) is 7.05. The summed E-state index contributed by atoms with van der Waals surface area (Å²) in [5.41, 5.74) is 9.97. The Hall–Kier alpha value is -3.07. The lowest BCUT2D eigenvalue weighted by molar-refractivity contribution is 0.102. The fourth-order valence-corrected chi connectivity index (χ4v) is 2.21. The Labute approximate surface area is 129 Å². The standard InChI is InChI=1S/C19H16N2O/c20-17-12-10-15(11-13-17)14-6-8-16(9-7-14)19(22)21-18-4-2-1-3-5-18/h1-13H,20H2,(H,21,22). The quantitative estimate of drug-likeness (QED) is 0.710. The highest BCUT2D eigenvalue weighted by Crippen LogP contribution is 2.21. The van der Waals surface area contributed by atoms with Crippen molar-refractivity contribution in [3.8, 4) is 11.1 Å². The lowest BCUT2D eigenvalue weighted by atomic mass is 10.0. The first-order chi connectivity index (χ1) is 10.7. The van der Waals surface area contributed by atoms with Crippen LogP contribution in [0.5, 0.6) is 0 Å². The molecule has 0 aliphatic carbocycles. The molecule has 0 unspecified atom stereocenters. The molecule has 0 saturated heterocycles. The van der Waals surface area contributed by atoms with E-state index in [0.29, 0.717) is 5.56 Å². The molecule has 0 aromatic heterocycles. The molecule has 1 amide bonds. The molecule has 0 saturated carbocycles. The van der Waals surface area contributed by atoms with Gasteiger partial charge < -0.3 is 11.1 Å². The molecule has 0 radical (unpaired) electrons. The minimum Gasteiger partial charge on any atom is -0.399 e. The second-order valence-electron chi connectivity index (χ2n) is 5.02. The smallest absolute Gasteiger partial charge is 0.255 e. The van der Waals surface area contributed by atoms with E-state index >= 15 is 0 Å². The van der Waals surface area contributed by atoms with E-state index < -0.39 is 0 Å². The van der Waals surface area contributed by atoms with Crippen LogP contribution in [0.4, 0.5) is 11.4 Å². The Balaban J connectivity index is 1.76. The van der Waals surface area contributed by atoms with E-state index in [-0.39, 0.29) is 5.91 Å². The van der Waals surface area contributed by atoms with Crippen LogP contribution in [0.2, 0.25) is 0 Å². The molecule has 22 heavy (non-hydrogen) atoms. The van der Waals surface area contributed by atoms with Gasteiger partial charge >= 0.3 is 0 Å². The van der Waals surface area contributed by atoms with Crippen LogP contribution in [-0.4, -0.2) is 5.91 Å². The monoisotopic (exact) mass is 288 g/mol.